The van der Waals surface area contributed by atoms with E-state index in [1.54, 1.807) is 10.9 Å². The second-order valence-electron chi connectivity index (χ2n) is 6.08. The summed E-state index contributed by atoms with van der Waals surface area (Å²) in [5.74, 6) is 0.914. The molecule has 0 N–H and O–H groups in total. The number of hydrogen-bond acceptors (Lipinski definition) is 5. The van der Waals surface area contributed by atoms with Crippen LogP contribution < -0.4 is 0 Å². The number of sulfone groups is 1. The molecule has 2 rings (SSSR count). The lowest BCUT2D eigenvalue weighted by molar-refractivity contribution is 0.0752. The molecular formula is C14H25N3O3S. The summed E-state index contributed by atoms with van der Waals surface area (Å²) in [6.07, 6.45) is 3.65. The van der Waals surface area contributed by atoms with Gasteiger partial charge in [-0.15, -0.1) is 0 Å². The Hall–Kier alpha value is -0.920. The SMILES string of the molecule is CC(C)COCCN1CCS(=O)(=O)C[C@H]1c1cnn(C)c1. The van der Waals surface area contributed by atoms with Crippen molar-refractivity contribution in [3.05, 3.63) is 18.0 Å². The van der Waals surface area contributed by atoms with E-state index in [0.717, 1.165) is 18.7 Å². The van der Waals surface area contributed by atoms with Crippen molar-refractivity contribution in [3.63, 3.8) is 0 Å². The van der Waals surface area contributed by atoms with Gasteiger partial charge in [0.2, 0.25) is 0 Å². The van der Waals surface area contributed by atoms with Gasteiger partial charge in [-0.2, -0.15) is 5.10 Å². The lowest BCUT2D eigenvalue weighted by atomic mass is 10.1. The first-order valence-electron chi connectivity index (χ1n) is 7.38. The lowest BCUT2D eigenvalue weighted by Gasteiger charge is -2.34. The number of hydrogen-bond donors (Lipinski definition) is 0. The average Bonchev–Trinajstić information content (AvgIpc) is 2.82. The van der Waals surface area contributed by atoms with Gasteiger partial charge in [-0.1, -0.05) is 13.8 Å². The Morgan fingerprint density at radius 1 is 1.48 bits per heavy atom. The molecule has 7 heteroatoms. The molecule has 0 saturated carbocycles. The smallest absolute Gasteiger partial charge is 0.153 e. The first-order chi connectivity index (χ1) is 9.87. The minimum Gasteiger partial charge on any atom is -0.380 e. The summed E-state index contributed by atoms with van der Waals surface area (Å²) in [5.41, 5.74) is 0.963. The zero-order valence-electron chi connectivity index (χ0n) is 13.0. The van der Waals surface area contributed by atoms with E-state index in [2.05, 4.69) is 23.8 Å². The van der Waals surface area contributed by atoms with Gasteiger partial charge in [-0.3, -0.25) is 9.58 Å². The van der Waals surface area contributed by atoms with Gasteiger partial charge in [0.05, 0.1) is 30.4 Å². The molecule has 1 aliphatic heterocycles. The molecule has 21 heavy (non-hydrogen) atoms. The highest BCUT2D eigenvalue weighted by Crippen LogP contribution is 2.26. The van der Waals surface area contributed by atoms with Crippen LogP contribution in [0.3, 0.4) is 0 Å². The molecule has 1 saturated heterocycles. The number of aromatic nitrogens is 2. The predicted octanol–water partition coefficient (Wildman–Crippen LogP) is 0.864. The molecule has 1 aromatic heterocycles. The third kappa shape index (κ3) is 4.79. The van der Waals surface area contributed by atoms with Crippen molar-refractivity contribution < 1.29 is 13.2 Å². The third-order valence-corrected chi connectivity index (χ3v) is 5.25. The molecule has 0 amide bonds. The molecule has 0 bridgehead atoms. The largest absolute Gasteiger partial charge is 0.380 e. The molecule has 1 atom stereocenters. The van der Waals surface area contributed by atoms with Gasteiger partial charge in [-0.05, 0) is 5.92 Å². The van der Waals surface area contributed by atoms with E-state index in [0.29, 0.717) is 19.1 Å². The maximum Gasteiger partial charge on any atom is 0.153 e. The van der Waals surface area contributed by atoms with Crippen LogP contribution in [0.25, 0.3) is 0 Å². The van der Waals surface area contributed by atoms with Crippen molar-refractivity contribution in [2.45, 2.75) is 19.9 Å². The van der Waals surface area contributed by atoms with Crippen molar-refractivity contribution in [3.8, 4) is 0 Å². The molecule has 6 nitrogen and oxygen atoms in total. The highest BCUT2D eigenvalue weighted by atomic mass is 32.2. The van der Waals surface area contributed by atoms with Crippen molar-refractivity contribution in [1.82, 2.24) is 14.7 Å². The van der Waals surface area contributed by atoms with Gasteiger partial charge >= 0.3 is 0 Å². The Morgan fingerprint density at radius 3 is 2.86 bits per heavy atom. The molecule has 2 heterocycles. The Bertz CT molecular complexity index is 554. The Balaban J connectivity index is 2.00. The van der Waals surface area contributed by atoms with E-state index in [-0.39, 0.29) is 17.5 Å². The van der Waals surface area contributed by atoms with Gasteiger partial charge in [0.25, 0.3) is 0 Å². The number of ether oxygens (including phenoxy) is 1. The molecule has 1 aromatic rings. The van der Waals surface area contributed by atoms with Crippen LogP contribution in [-0.2, 0) is 21.6 Å². The Labute approximate surface area is 127 Å². The van der Waals surface area contributed by atoms with Gasteiger partial charge in [0.1, 0.15) is 0 Å². The number of nitrogens with zero attached hydrogens (tertiary/aromatic N) is 3. The summed E-state index contributed by atoms with van der Waals surface area (Å²) in [5, 5.41) is 4.16. The normalized spacial score (nSPS) is 22.8. The Morgan fingerprint density at radius 2 is 2.24 bits per heavy atom. The first kappa shape index (κ1) is 16.5. The third-order valence-electron chi connectivity index (χ3n) is 3.63. The van der Waals surface area contributed by atoms with Crippen LogP contribution in [-0.4, -0.2) is 60.9 Å². The molecule has 120 valence electrons. The highest BCUT2D eigenvalue weighted by Gasteiger charge is 2.32. The second kappa shape index (κ2) is 6.89. The van der Waals surface area contributed by atoms with E-state index in [1.165, 1.54) is 0 Å². The molecule has 0 aromatic carbocycles. The first-order valence-corrected chi connectivity index (χ1v) is 9.20. The summed E-state index contributed by atoms with van der Waals surface area (Å²) in [6, 6.07) is -0.111. The molecule has 1 fully saturated rings. The van der Waals surface area contributed by atoms with E-state index in [1.807, 2.05) is 13.2 Å². The predicted molar refractivity (Wildman–Crippen MR) is 81.8 cm³/mol. The van der Waals surface area contributed by atoms with Crippen molar-refractivity contribution in [2.75, 3.05) is 37.8 Å². The van der Waals surface area contributed by atoms with Crippen molar-refractivity contribution in [2.24, 2.45) is 13.0 Å². The maximum absolute atomic E-state index is 11.9. The van der Waals surface area contributed by atoms with Crippen molar-refractivity contribution in [1.29, 1.82) is 0 Å². The molecule has 0 aliphatic carbocycles. The minimum atomic E-state index is -2.97. The van der Waals surface area contributed by atoms with E-state index >= 15 is 0 Å². The van der Waals surface area contributed by atoms with E-state index < -0.39 is 9.84 Å². The average molecular weight is 315 g/mol. The summed E-state index contributed by atoms with van der Waals surface area (Å²) >= 11 is 0. The highest BCUT2D eigenvalue weighted by molar-refractivity contribution is 7.91. The fourth-order valence-corrected chi connectivity index (χ4v) is 4.09. The van der Waals surface area contributed by atoms with Crippen LogP contribution in [0.1, 0.15) is 25.5 Å². The van der Waals surface area contributed by atoms with Crippen LogP contribution in [0.15, 0.2) is 12.4 Å². The zero-order chi connectivity index (χ0) is 15.5. The zero-order valence-corrected chi connectivity index (χ0v) is 13.8. The monoisotopic (exact) mass is 315 g/mol. The van der Waals surface area contributed by atoms with Crippen LogP contribution in [0.4, 0.5) is 0 Å². The van der Waals surface area contributed by atoms with Crippen LogP contribution in [0, 0.1) is 5.92 Å². The van der Waals surface area contributed by atoms with Crippen LogP contribution >= 0.6 is 0 Å². The Kier molecular flexibility index (Phi) is 5.40. The summed E-state index contributed by atoms with van der Waals surface area (Å²) in [6.45, 7) is 6.92. The van der Waals surface area contributed by atoms with E-state index in [9.17, 15) is 8.42 Å². The minimum absolute atomic E-state index is 0.111. The quantitative estimate of drug-likeness (QED) is 0.729. The van der Waals surface area contributed by atoms with E-state index in [4.69, 9.17) is 4.74 Å². The molecule has 1 aliphatic rings. The summed E-state index contributed by atoms with van der Waals surface area (Å²) in [4.78, 5) is 2.19. The van der Waals surface area contributed by atoms with Gasteiger partial charge in [0, 0.05) is 38.5 Å². The number of aryl methyl sites for hydroxylation is 1. The van der Waals surface area contributed by atoms with Gasteiger partial charge < -0.3 is 4.74 Å². The maximum atomic E-state index is 11.9. The topological polar surface area (TPSA) is 64.4 Å². The fraction of sp³-hybridized carbons (Fsp3) is 0.786. The van der Waals surface area contributed by atoms with Crippen LogP contribution in [0.5, 0.6) is 0 Å². The molecule has 0 unspecified atom stereocenters. The second-order valence-corrected chi connectivity index (χ2v) is 8.31. The lowest BCUT2D eigenvalue weighted by Crippen LogP contribution is -2.44. The van der Waals surface area contributed by atoms with Gasteiger partial charge in [0.15, 0.2) is 9.84 Å². The number of rotatable bonds is 6. The molecular weight excluding hydrogens is 290 g/mol. The summed E-state index contributed by atoms with van der Waals surface area (Å²) < 4.78 is 31.2. The molecule has 0 spiro atoms. The van der Waals surface area contributed by atoms with Crippen molar-refractivity contribution >= 4 is 9.84 Å². The summed E-state index contributed by atoms with van der Waals surface area (Å²) in [7, 11) is -1.12. The fourth-order valence-electron chi connectivity index (χ4n) is 2.53. The van der Waals surface area contributed by atoms with Crippen LogP contribution in [0.2, 0.25) is 0 Å². The molecule has 0 radical (unpaired) electrons. The standard InChI is InChI=1S/C14H25N3O3S/c1-12(2)10-20-6-4-17-5-7-21(18,19)11-14(17)13-8-15-16(3)9-13/h8-9,12,14H,4-7,10-11H2,1-3H3/t14-/m0/s1. The van der Waals surface area contributed by atoms with Gasteiger partial charge in [-0.25, -0.2) is 8.42 Å².